The third-order valence-corrected chi connectivity index (χ3v) is 16.0. The second-order valence-electron chi connectivity index (χ2n) is 20.8. The van der Waals surface area contributed by atoms with E-state index in [0.717, 1.165) is 101 Å². The topological polar surface area (TPSA) is 38.9 Å². The molecule has 0 saturated carbocycles. The van der Waals surface area contributed by atoms with Gasteiger partial charge in [-0.2, -0.15) is 0 Å². The van der Waals surface area contributed by atoms with E-state index in [1.54, 1.807) is 0 Å². The van der Waals surface area contributed by atoms with Crippen molar-refractivity contribution in [1.82, 2.24) is 9.97 Å². The van der Waals surface area contributed by atoms with Crippen LogP contribution in [-0.4, -0.2) is 9.97 Å². The van der Waals surface area contributed by atoms with E-state index in [9.17, 15) is 0 Å². The van der Waals surface area contributed by atoms with Crippen molar-refractivity contribution >= 4 is 49.1 Å². The molecule has 3 heteroatoms. The number of fused-ring (bicyclic) bond motifs is 9. The van der Waals surface area contributed by atoms with Gasteiger partial charge in [0.25, 0.3) is 0 Å². The maximum atomic E-state index is 7.49. The summed E-state index contributed by atoms with van der Waals surface area (Å²) in [5.41, 5.74) is 22.9. The molecule has 0 saturated heterocycles. The number of aromatic nitrogens is 2. The van der Waals surface area contributed by atoms with Gasteiger partial charge in [0.05, 0.1) is 22.9 Å². The smallest absolute Gasteiger partial charge is 0.142 e. The highest BCUT2D eigenvalue weighted by molar-refractivity contribution is 6.23. The Balaban J connectivity index is 0.959. The van der Waals surface area contributed by atoms with Crippen LogP contribution >= 0.6 is 0 Å². The van der Waals surface area contributed by atoms with Crippen LogP contribution in [0.1, 0.15) is 28.4 Å². The van der Waals surface area contributed by atoms with Crippen molar-refractivity contribution in [3.05, 3.63) is 308 Å². The Labute approximate surface area is 459 Å². The van der Waals surface area contributed by atoms with Gasteiger partial charge in [-0.15, -0.1) is 0 Å². The van der Waals surface area contributed by atoms with E-state index in [-0.39, 0.29) is 5.92 Å². The van der Waals surface area contributed by atoms with E-state index in [1.807, 2.05) is 6.20 Å². The number of hydrogen-bond acceptors (Lipinski definition) is 3. The fraction of sp³-hybridized carbons (Fsp3) is 0.0263. The fourth-order valence-electron chi connectivity index (χ4n) is 12.1. The summed E-state index contributed by atoms with van der Waals surface area (Å²) in [5, 5.41) is 5.65. The van der Waals surface area contributed by atoms with Crippen LogP contribution in [0.2, 0.25) is 0 Å². The third-order valence-electron chi connectivity index (χ3n) is 16.0. The fourth-order valence-corrected chi connectivity index (χ4v) is 12.1. The molecule has 1 aliphatic rings. The first-order valence-corrected chi connectivity index (χ1v) is 27.2. The van der Waals surface area contributed by atoms with Crippen LogP contribution in [0.5, 0.6) is 0 Å². The van der Waals surface area contributed by atoms with Crippen LogP contribution in [-0.2, 0) is 6.42 Å². The Morgan fingerprint density at radius 3 is 1.29 bits per heavy atom. The molecule has 0 bridgehead atoms. The number of hydrogen-bond donors (Lipinski definition) is 0. The van der Waals surface area contributed by atoms with E-state index in [1.165, 1.54) is 55.3 Å². The largest absolute Gasteiger partial charge is 0.455 e. The van der Waals surface area contributed by atoms with Crippen molar-refractivity contribution < 1.29 is 4.42 Å². The Morgan fingerprint density at radius 2 is 0.747 bits per heavy atom. The highest BCUT2D eigenvalue weighted by atomic mass is 16.3. The number of allylic oxidation sites excluding steroid dienone is 1. The lowest BCUT2D eigenvalue weighted by atomic mass is 9.80. The molecule has 12 aromatic carbocycles. The quantitative estimate of drug-likeness (QED) is 0.135. The molecule has 2 heterocycles. The highest BCUT2D eigenvalue weighted by Crippen LogP contribution is 2.48. The van der Waals surface area contributed by atoms with Gasteiger partial charge in [0.15, 0.2) is 0 Å². The molecule has 2 aromatic heterocycles. The average Bonchev–Trinajstić information content (AvgIpc) is 4.11. The molecular weight excluding hydrogens is 957 g/mol. The van der Waals surface area contributed by atoms with Crippen molar-refractivity contribution in [3.8, 4) is 78.0 Å². The van der Waals surface area contributed by atoms with Gasteiger partial charge in [0.1, 0.15) is 11.3 Å². The second-order valence-corrected chi connectivity index (χ2v) is 20.8. The first kappa shape index (κ1) is 46.1. The van der Waals surface area contributed by atoms with Gasteiger partial charge in [0, 0.05) is 44.3 Å². The van der Waals surface area contributed by atoms with Crippen molar-refractivity contribution in [3.63, 3.8) is 0 Å². The predicted octanol–water partition coefficient (Wildman–Crippen LogP) is 20.1. The minimum absolute atomic E-state index is 0.0378. The average molecular weight is 1010 g/mol. The summed E-state index contributed by atoms with van der Waals surface area (Å²) in [5.74, 6) is 0.952. The summed E-state index contributed by atoms with van der Waals surface area (Å²) in [6, 6.07) is 98.6. The Kier molecular flexibility index (Phi) is 11.3. The molecule has 1 unspecified atom stereocenters. The van der Waals surface area contributed by atoms with Crippen LogP contribution in [0.3, 0.4) is 0 Å². The maximum Gasteiger partial charge on any atom is 0.142 e. The van der Waals surface area contributed by atoms with Crippen molar-refractivity contribution in [2.45, 2.75) is 12.3 Å². The standard InChI is InChI=1S/C76H50N2O/c1-6-21-49(22-7-1)56-38-57(50-23-8-2-9-24-50)41-60(40-56)62-44-68(53-29-14-5-15-30-53)75-70(46-62)71-47-63(61-42-58(51-25-10-3-11-26-51)39-59(43-61)52-27-12-4-13-28-52)45-69(76(71)79-75)54-31-20-32-55(37-54)72-48-77-73-66-35-18-16-33-64(66)65-34-17-19-36-67(65)74(73)78-72/h1-45,47-48,62H,46H2. The lowest BCUT2D eigenvalue weighted by molar-refractivity contribution is 0.588. The van der Waals surface area contributed by atoms with Crippen LogP contribution < -0.4 is 0 Å². The van der Waals surface area contributed by atoms with Crippen LogP contribution in [0, 0.1) is 0 Å². The van der Waals surface area contributed by atoms with Gasteiger partial charge >= 0.3 is 0 Å². The van der Waals surface area contributed by atoms with Crippen molar-refractivity contribution in [1.29, 1.82) is 0 Å². The molecule has 0 N–H and O–H groups in total. The number of furan rings is 1. The molecule has 3 nitrogen and oxygen atoms in total. The van der Waals surface area contributed by atoms with Crippen LogP contribution in [0.25, 0.3) is 127 Å². The minimum Gasteiger partial charge on any atom is -0.455 e. The molecule has 1 atom stereocenters. The van der Waals surface area contributed by atoms with Crippen LogP contribution in [0.4, 0.5) is 0 Å². The van der Waals surface area contributed by atoms with E-state index in [2.05, 4.69) is 279 Å². The Morgan fingerprint density at radius 1 is 0.329 bits per heavy atom. The molecule has 1 aliphatic carbocycles. The van der Waals surface area contributed by atoms with Gasteiger partial charge < -0.3 is 4.42 Å². The summed E-state index contributed by atoms with van der Waals surface area (Å²) >= 11 is 0. The molecule has 0 radical (unpaired) electrons. The monoisotopic (exact) mass is 1010 g/mol. The summed E-state index contributed by atoms with van der Waals surface area (Å²) in [7, 11) is 0. The SMILES string of the molecule is C1=C(c2ccccc2)c2oc3c(-c4cccc(-c5cnc6c7ccccc7c7ccccc7c6n5)c4)cc(-c4cc(-c5ccccc5)cc(-c5ccccc5)c4)cc3c2CC1c1cc(-c2ccccc2)cc(-c2ccccc2)c1. The number of benzene rings is 12. The lowest BCUT2D eigenvalue weighted by Crippen LogP contribution is -2.09. The molecule has 15 rings (SSSR count). The van der Waals surface area contributed by atoms with E-state index < -0.39 is 0 Å². The van der Waals surface area contributed by atoms with Crippen LogP contribution in [0.15, 0.2) is 290 Å². The van der Waals surface area contributed by atoms with Gasteiger partial charge in [-0.3, -0.25) is 4.98 Å². The van der Waals surface area contributed by atoms with Gasteiger partial charge in [-0.25, -0.2) is 4.98 Å². The second kappa shape index (κ2) is 19.4. The molecule has 370 valence electrons. The minimum atomic E-state index is 0.0378. The maximum absolute atomic E-state index is 7.49. The summed E-state index contributed by atoms with van der Waals surface area (Å²) < 4.78 is 7.49. The Hall–Kier alpha value is -10.2. The zero-order valence-electron chi connectivity index (χ0n) is 43.2. The number of nitrogens with zero attached hydrogens (tertiary/aromatic N) is 2. The van der Waals surface area contributed by atoms with Gasteiger partial charge in [-0.05, 0) is 132 Å². The summed E-state index contributed by atoms with van der Waals surface area (Å²) in [6.45, 7) is 0. The normalized spacial score (nSPS) is 13.2. The molecular formula is C76H50N2O. The lowest BCUT2D eigenvalue weighted by Gasteiger charge is -2.23. The molecule has 0 fully saturated rings. The molecule has 0 aliphatic heterocycles. The molecule has 0 amide bonds. The first-order valence-electron chi connectivity index (χ1n) is 27.2. The highest BCUT2D eigenvalue weighted by Gasteiger charge is 2.30. The van der Waals surface area contributed by atoms with Crippen molar-refractivity contribution in [2.75, 3.05) is 0 Å². The number of rotatable bonds is 9. The molecule has 14 aromatic rings. The van der Waals surface area contributed by atoms with E-state index >= 15 is 0 Å². The summed E-state index contributed by atoms with van der Waals surface area (Å²) in [4.78, 5) is 10.6. The molecule has 79 heavy (non-hydrogen) atoms. The van der Waals surface area contributed by atoms with Gasteiger partial charge in [0.2, 0.25) is 0 Å². The zero-order chi connectivity index (χ0) is 52.2. The molecule has 0 spiro atoms. The summed E-state index contributed by atoms with van der Waals surface area (Å²) in [6.07, 6.45) is 5.15. The van der Waals surface area contributed by atoms with E-state index in [4.69, 9.17) is 14.4 Å². The third kappa shape index (κ3) is 8.41. The van der Waals surface area contributed by atoms with Crippen molar-refractivity contribution in [2.24, 2.45) is 0 Å². The predicted molar refractivity (Wildman–Crippen MR) is 329 cm³/mol. The Bertz CT molecular complexity index is 4510. The zero-order valence-corrected chi connectivity index (χ0v) is 43.2. The van der Waals surface area contributed by atoms with E-state index in [0.29, 0.717) is 0 Å². The first-order chi connectivity index (χ1) is 39.1. The van der Waals surface area contributed by atoms with Gasteiger partial charge in [-0.1, -0.05) is 237 Å².